The molecule has 10 N–H and O–H groups in total. The predicted molar refractivity (Wildman–Crippen MR) is 332 cm³/mol. The van der Waals surface area contributed by atoms with Crippen LogP contribution in [0, 0.1) is 79.8 Å². The van der Waals surface area contributed by atoms with Crippen molar-refractivity contribution in [2.45, 2.75) is 228 Å². The molecule has 9 fully saturated rings. The molecular weight excluding hydrogens is 1130 g/mol. The number of benzene rings is 1. The molecule has 0 radical (unpaired) electrons. The van der Waals surface area contributed by atoms with Crippen LogP contribution in [0.15, 0.2) is 42.0 Å². The number of allylic oxidation sites excluding steroid dienone is 2. The van der Waals surface area contributed by atoms with Gasteiger partial charge in [0.2, 0.25) is 5.91 Å². The molecule has 1 aromatic carbocycles. The number of carbonyl (C=O) groups excluding carboxylic acids is 2. The number of amides is 1. The van der Waals surface area contributed by atoms with Crippen LogP contribution in [-0.4, -0.2) is 156 Å². The van der Waals surface area contributed by atoms with Crippen LogP contribution in [0.4, 0.5) is 5.69 Å². The van der Waals surface area contributed by atoms with E-state index in [1.165, 1.54) is 28.0 Å². The summed E-state index contributed by atoms with van der Waals surface area (Å²) in [5.74, 6) is -2.52. The molecule has 7 saturated carbocycles. The monoisotopic (exact) mass is 1230 g/mol. The highest BCUT2D eigenvalue weighted by Gasteiger charge is 2.84. The smallest absolute Gasteiger partial charge is 0.234 e. The molecule has 17 heteroatoms. The molecule has 20 unspecified atom stereocenters. The number of ketones is 1. The van der Waals surface area contributed by atoms with Gasteiger partial charge in [-0.05, 0) is 185 Å². The van der Waals surface area contributed by atoms with Crippen LogP contribution in [0.3, 0.4) is 0 Å². The summed E-state index contributed by atoms with van der Waals surface area (Å²) in [5.41, 5.74) is -12.7. The van der Waals surface area contributed by atoms with Crippen LogP contribution in [0.5, 0.6) is 5.75 Å². The van der Waals surface area contributed by atoms with Gasteiger partial charge in [0.05, 0.1) is 41.3 Å². The zero-order valence-corrected chi connectivity index (χ0v) is 53.5. The van der Waals surface area contributed by atoms with Gasteiger partial charge in [-0.1, -0.05) is 100.0 Å². The maximum absolute atomic E-state index is 16.7. The Bertz CT molecular complexity index is 2830. The Morgan fingerprint density at radius 2 is 1.65 bits per heavy atom. The van der Waals surface area contributed by atoms with E-state index in [1.54, 1.807) is 25.3 Å². The molecule has 2 saturated heterocycles. The molecule has 9 aliphatic carbocycles. The van der Waals surface area contributed by atoms with Crippen LogP contribution < -0.4 is 10.2 Å². The first-order chi connectivity index (χ1) is 41.0. The fourth-order valence-corrected chi connectivity index (χ4v) is 26.7. The maximum Gasteiger partial charge on any atom is 0.234 e. The molecule has 8 bridgehead atoms. The van der Waals surface area contributed by atoms with Gasteiger partial charge >= 0.3 is 0 Å². The number of hydrogen-bond donors (Lipinski definition) is 10. The van der Waals surface area contributed by atoms with Crippen molar-refractivity contribution >= 4 is 39.0 Å². The summed E-state index contributed by atoms with van der Waals surface area (Å²) in [6, 6.07) is 5.40. The van der Waals surface area contributed by atoms with Gasteiger partial charge in [-0.2, -0.15) is 0 Å². The third-order valence-electron chi connectivity index (χ3n) is 28.1. The van der Waals surface area contributed by atoms with Gasteiger partial charge < -0.3 is 65.6 Å². The highest BCUT2D eigenvalue weighted by Crippen LogP contribution is 2.81. The van der Waals surface area contributed by atoms with Gasteiger partial charge in [0.15, 0.2) is 5.78 Å². The zero-order valence-electron chi connectivity index (χ0n) is 51.9. The molecule has 1 aromatic rings. The molecule has 0 aromatic heterocycles. The van der Waals surface area contributed by atoms with Crippen LogP contribution in [0.25, 0.3) is 0 Å². The van der Waals surface area contributed by atoms with E-state index in [4.69, 9.17) is 9.47 Å². The van der Waals surface area contributed by atoms with Gasteiger partial charge in [-0.3, -0.25) is 9.59 Å². The predicted octanol–water partition coefficient (Wildman–Crippen LogP) is 8.32. The Morgan fingerprint density at radius 1 is 0.895 bits per heavy atom. The summed E-state index contributed by atoms with van der Waals surface area (Å²) in [6.07, 6.45) is 17.0. The van der Waals surface area contributed by atoms with Gasteiger partial charge in [-0.15, -0.1) is 0 Å². The van der Waals surface area contributed by atoms with E-state index in [0.29, 0.717) is 114 Å². The number of phenolic OH excluding ortho intramolecular Hbond substituents is 1. The lowest BCUT2D eigenvalue weighted by molar-refractivity contribution is -0.309. The molecule has 5 heterocycles. The second-order valence-electron chi connectivity index (χ2n) is 30.9. The number of nitrogens with one attached hydrogen (secondary N) is 1. The molecular formula is C69H102N2O13S2. The minimum Gasteiger partial charge on any atom is -0.508 e. The SMILES string of the molecule is COCCCC1(NCC2CCC3(CN4C(=O)C35C(CO)CCCC5CSSC(O)C35CC(O)C(O)(CO)C6(CCCC6)C3(C)C3CC6C=CCC(O)(C7OC7C(C)C(C)C)C7CCC(O)(C3=CC5=O)C67CCc3cc(O)cc4c3)C2O)CCCCC1. The first-order valence-corrected chi connectivity index (χ1v) is 36.1. The summed E-state index contributed by atoms with van der Waals surface area (Å²) >= 11 is 0. The first-order valence-electron chi connectivity index (χ1n) is 33.7. The number of phenols is 1. The Morgan fingerprint density at radius 3 is 2.37 bits per heavy atom. The van der Waals surface area contributed by atoms with Crippen molar-refractivity contribution in [2.24, 2.45) is 79.8 Å². The maximum atomic E-state index is 16.7. The van der Waals surface area contributed by atoms with Gasteiger partial charge in [0.25, 0.3) is 0 Å². The number of nitrogens with zero attached hydrogens (tertiary/aromatic N) is 1. The van der Waals surface area contributed by atoms with Crippen molar-refractivity contribution < 1.29 is 65.0 Å². The fraction of sp³-hybridized carbons (Fsp3) is 0.826. The van der Waals surface area contributed by atoms with Crippen LogP contribution in [-0.2, 0) is 25.5 Å². The summed E-state index contributed by atoms with van der Waals surface area (Å²) in [4.78, 5) is 34.9. The molecule has 5 spiro atoms. The molecule has 478 valence electrons. The third kappa shape index (κ3) is 8.31. The summed E-state index contributed by atoms with van der Waals surface area (Å²) in [5, 5.41) is 121. The highest BCUT2D eigenvalue weighted by molar-refractivity contribution is 8.76. The number of epoxide rings is 1. The number of aryl methyl sites for hydroxylation is 1. The lowest BCUT2D eigenvalue weighted by Gasteiger charge is -2.74. The highest BCUT2D eigenvalue weighted by atomic mass is 33.1. The number of hydrogen-bond acceptors (Lipinski definition) is 16. The standard InChI is InChI=1S/C69H102N2O13S2/c1-41(2)42(3)55-57(84-55)66(80)25-12-16-45-32-50-51-34-53(75)65(35-54(76)68(82,40-73)63(60(50,65)4)23-9-10-24-63)59(79)86-85-38-47-15-11-14-46(37-72)69(47)58(78)71(48-30-43(31-49(74)33-48)17-27-64(45)52(66)19-28-67(51,64)81)39-62(69)26-18-44(56(62)77)36-70-61(22-13-29-83-5)20-7-6-8-21-61/h12,16,30-31,33-34,41-42,44-47,50,52,54-57,59,70,72-74,76-77,79-82H,6-11,13-15,17-29,32,35-40H2,1-5H3. The lowest BCUT2D eigenvalue weighted by Crippen LogP contribution is -2.79. The van der Waals surface area contributed by atoms with Crippen molar-refractivity contribution in [3.8, 4) is 5.75 Å². The van der Waals surface area contributed by atoms with Gasteiger partial charge in [0.1, 0.15) is 28.5 Å². The topological polar surface area (TPSA) is 253 Å². The first kappa shape index (κ1) is 62.7. The van der Waals surface area contributed by atoms with Gasteiger partial charge in [0, 0.05) is 78.6 Å². The van der Waals surface area contributed by atoms with Gasteiger partial charge in [-0.25, -0.2) is 0 Å². The van der Waals surface area contributed by atoms with Crippen LogP contribution >= 0.6 is 21.6 Å². The Balaban J connectivity index is 0.978. The van der Waals surface area contributed by atoms with Crippen LogP contribution in [0.2, 0.25) is 0 Å². The van der Waals surface area contributed by atoms with E-state index >= 15 is 9.59 Å². The van der Waals surface area contributed by atoms with E-state index in [0.717, 1.165) is 50.5 Å². The molecule has 15 nitrogen and oxygen atoms in total. The number of carbonyl (C=O) groups is 2. The number of aromatic hydroxyl groups is 1. The normalized spacial score (nSPS) is 46.9. The molecule has 14 aliphatic rings. The van der Waals surface area contributed by atoms with E-state index < -0.39 is 109 Å². The van der Waals surface area contributed by atoms with E-state index in [9.17, 15) is 46.0 Å². The lowest BCUT2D eigenvalue weighted by atomic mass is 9.31. The zero-order chi connectivity index (χ0) is 60.8. The number of rotatable bonds is 12. The minimum atomic E-state index is -2.06. The molecule has 86 heavy (non-hydrogen) atoms. The Labute approximate surface area is 518 Å². The molecule has 20 atom stereocenters. The Kier molecular flexibility index (Phi) is 16.3. The number of anilines is 1. The second kappa shape index (κ2) is 22.3. The fourth-order valence-electron chi connectivity index (χ4n) is 23.7. The average molecular weight is 1230 g/mol. The molecule has 15 rings (SSSR count). The van der Waals surface area contributed by atoms with Crippen molar-refractivity contribution in [3.63, 3.8) is 0 Å². The second-order valence-corrected chi connectivity index (χ2v) is 33.4. The molecule has 5 aliphatic heterocycles. The summed E-state index contributed by atoms with van der Waals surface area (Å²) in [7, 11) is 4.31. The Hall–Kier alpha value is -2.10. The quantitative estimate of drug-likeness (QED) is 0.0409. The number of aliphatic hydroxyl groups excluding tert-OH is 5. The molecule has 1 amide bonds. The van der Waals surface area contributed by atoms with E-state index in [2.05, 4.69) is 38.2 Å². The van der Waals surface area contributed by atoms with Crippen molar-refractivity contribution in [1.82, 2.24) is 5.32 Å². The minimum absolute atomic E-state index is 0.0255. The van der Waals surface area contributed by atoms with Crippen molar-refractivity contribution in [1.29, 1.82) is 0 Å². The number of aliphatic hydroxyl groups is 8. The number of fused-ring (bicyclic) bond motifs is 1. The van der Waals surface area contributed by atoms with Crippen molar-refractivity contribution in [2.75, 3.05) is 50.7 Å². The largest absolute Gasteiger partial charge is 0.508 e. The van der Waals surface area contributed by atoms with E-state index in [1.807, 2.05) is 17.9 Å². The van der Waals surface area contributed by atoms with Crippen molar-refractivity contribution in [3.05, 3.63) is 47.6 Å². The summed E-state index contributed by atoms with van der Waals surface area (Å²) < 4.78 is 12.1. The average Bonchev–Trinajstić information content (AvgIpc) is 1.04. The van der Waals surface area contributed by atoms with E-state index in [-0.39, 0.29) is 73.0 Å². The summed E-state index contributed by atoms with van der Waals surface area (Å²) in [6.45, 7) is 8.95. The number of ether oxygens (including phenoxy) is 2. The third-order valence-corrected chi connectivity index (χ3v) is 30.7. The van der Waals surface area contributed by atoms with Crippen LogP contribution in [0.1, 0.15) is 175 Å². The number of methoxy groups -OCH3 is 1.